The highest BCUT2D eigenvalue weighted by Gasteiger charge is 2.18. The molecule has 1 aliphatic heterocycles. The molecule has 3 aromatic carbocycles. The van der Waals surface area contributed by atoms with Crippen molar-refractivity contribution >= 4 is 33.2 Å². The van der Waals surface area contributed by atoms with Gasteiger partial charge in [0.25, 0.3) is 0 Å². The Morgan fingerprint density at radius 2 is 1.86 bits per heavy atom. The fourth-order valence-electron chi connectivity index (χ4n) is 4.18. The summed E-state index contributed by atoms with van der Waals surface area (Å²) in [5, 5.41) is 5.73. The van der Waals surface area contributed by atoms with Crippen molar-refractivity contribution in [1.82, 2.24) is 9.55 Å². The van der Waals surface area contributed by atoms with Crippen molar-refractivity contribution in [3.63, 3.8) is 0 Å². The number of aryl methyl sites for hydroxylation is 1. The summed E-state index contributed by atoms with van der Waals surface area (Å²) in [4.78, 5) is 18.5. The average Bonchev–Trinajstić information content (AvgIpc) is 3.09. The maximum Gasteiger partial charge on any atom is 0.137 e. The van der Waals surface area contributed by atoms with Crippen LogP contribution in [0, 0.1) is 11.8 Å². The van der Waals surface area contributed by atoms with Crippen molar-refractivity contribution in [2.45, 2.75) is 13.5 Å². The summed E-state index contributed by atoms with van der Waals surface area (Å²) in [5.41, 5.74) is 4.21. The predicted molar refractivity (Wildman–Crippen MR) is 116 cm³/mol. The van der Waals surface area contributed by atoms with E-state index in [1.54, 1.807) is 0 Å². The van der Waals surface area contributed by atoms with Crippen molar-refractivity contribution in [3.05, 3.63) is 70.9 Å². The summed E-state index contributed by atoms with van der Waals surface area (Å²) in [7, 11) is 0. The van der Waals surface area contributed by atoms with Gasteiger partial charge in [0.2, 0.25) is 0 Å². The highest BCUT2D eigenvalue weighted by Crippen LogP contribution is 2.33. The summed E-state index contributed by atoms with van der Waals surface area (Å²) >= 11 is 0. The highest BCUT2D eigenvalue weighted by atomic mass is 16.5. The van der Waals surface area contributed by atoms with Crippen LogP contribution >= 0.6 is 0 Å². The summed E-state index contributed by atoms with van der Waals surface area (Å²) in [6.07, 6.45) is 0. The van der Waals surface area contributed by atoms with Crippen LogP contribution in [0.4, 0.5) is 11.4 Å². The minimum Gasteiger partial charge on any atom is -0.378 e. The maximum absolute atomic E-state index is 11.6. The Bertz CT molecular complexity index is 1200. The average molecular weight is 386 g/mol. The Morgan fingerprint density at radius 1 is 1.07 bits per heavy atom. The molecule has 0 bridgehead atoms. The number of benzene rings is 3. The van der Waals surface area contributed by atoms with E-state index in [1.165, 1.54) is 16.3 Å². The lowest BCUT2D eigenvalue weighted by atomic mass is 10.0. The van der Waals surface area contributed by atoms with Crippen molar-refractivity contribution in [2.24, 2.45) is 5.18 Å². The SMILES string of the molecule is Cc1nc2c(N=O)cc(N3CCOCC3)cc2n1Cc1cccc2ccccc12. The molecule has 0 spiro atoms. The van der Waals surface area contributed by atoms with Gasteiger partial charge in [0.05, 0.1) is 18.7 Å². The molecule has 1 saturated heterocycles. The maximum atomic E-state index is 11.6. The molecule has 6 heteroatoms. The fraction of sp³-hybridized carbons (Fsp3) is 0.261. The van der Waals surface area contributed by atoms with Crippen LogP contribution in [0.5, 0.6) is 0 Å². The minimum atomic E-state index is 0.392. The van der Waals surface area contributed by atoms with Crippen LogP contribution < -0.4 is 4.90 Å². The molecular formula is C23H22N4O2. The normalized spacial score (nSPS) is 14.6. The first-order chi connectivity index (χ1) is 14.2. The lowest BCUT2D eigenvalue weighted by Gasteiger charge is -2.29. The first-order valence-corrected chi connectivity index (χ1v) is 9.88. The first kappa shape index (κ1) is 17.8. The molecule has 0 N–H and O–H groups in total. The predicted octanol–water partition coefficient (Wildman–Crippen LogP) is 4.78. The molecule has 146 valence electrons. The van der Waals surface area contributed by atoms with E-state index in [-0.39, 0.29) is 0 Å². The van der Waals surface area contributed by atoms with Crippen LogP contribution in [0.1, 0.15) is 11.4 Å². The molecule has 6 nitrogen and oxygen atoms in total. The van der Waals surface area contributed by atoms with E-state index in [9.17, 15) is 4.91 Å². The molecule has 0 aliphatic carbocycles. The molecule has 1 aliphatic rings. The molecule has 0 amide bonds. The Labute approximate surface area is 168 Å². The Morgan fingerprint density at radius 3 is 2.69 bits per heavy atom. The molecule has 0 saturated carbocycles. The fourth-order valence-corrected chi connectivity index (χ4v) is 4.18. The van der Waals surface area contributed by atoms with Gasteiger partial charge in [-0.2, -0.15) is 0 Å². The lowest BCUT2D eigenvalue weighted by molar-refractivity contribution is 0.122. The molecular weight excluding hydrogens is 364 g/mol. The molecule has 1 aromatic heterocycles. The first-order valence-electron chi connectivity index (χ1n) is 9.88. The van der Waals surface area contributed by atoms with Crippen molar-refractivity contribution in [2.75, 3.05) is 31.2 Å². The summed E-state index contributed by atoms with van der Waals surface area (Å²) in [5.74, 6) is 0.872. The second-order valence-corrected chi connectivity index (χ2v) is 7.41. The number of ether oxygens (including phenoxy) is 1. The Kier molecular flexibility index (Phi) is 4.48. The number of nitrogens with zero attached hydrogens (tertiary/aromatic N) is 4. The van der Waals surface area contributed by atoms with Crippen molar-refractivity contribution < 1.29 is 4.74 Å². The van der Waals surface area contributed by atoms with Gasteiger partial charge in [0.15, 0.2) is 0 Å². The smallest absolute Gasteiger partial charge is 0.137 e. The van der Waals surface area contributed by atoms with Crippen LogP contribution in [0.3, 0.4) is 0 Å². The van der Waals surface area contributed by atoms with Gasteiger partial charge in [-0.1, -0.05) is 42.5 Å². The molecule has 4 aromatic rings. The zero-order valence-corrected chi connectivity index (χ0v) is 16.3. The van der Waals surface area contributed by atoms with Crippen LogP contribution in [0.2, 0.25) is 0 Å². The molecule has 29 heavy (non-hydrogen) atoms. The third-order valence-electron chi connectivity index (χ3n) is 5.69. The van der Waals surface area contributed by atoms with Gasteiger partial charge in [0.1, 0.15) is 17.0 Å². The molecule has 2 heterocycles. The number of anilines is 1. The van der Waals surface area contributed by atoms with Crippen LogP contribution in [0.15, 0.2) is 59.8 Å². The second-order valence-electron chi connectivity index (χ2n) is 7.41. The van der Waals surface area contributed by atoms with E-state index in [4.69, 9.17) is 4.74 Å². The van der Waals surface area contributed by atoms with Gasteiger partial charge in [0, 0.05) is 25.3 Å². The number of nitroso groups, excluding NO2 is 1. The van der Waals surface area contributed by atoms with Crippen LogP contribution in [0.25, 0.3) is 21.8 Å². The highest BCUT2D eigenvalue weighted by molar-refractivity contribution is 5.92. The number of hydrogen-bond donors (Lipinski definition) is 0. The number of morpholine rings is 1. The van der Waals surface area contributed by atoms with E-state index in [0.717, 1.165) is 30.1 Å². The molecule has 5 rings (SSSR count). The summed E-state index contributed by atoms with van der Waals surface area (Å²) in [6, 6.07) is 18.7. The quantitative estimate of drug-likeness (QED) is 0.474. The molecule has 0 unspecified atom stereocenters. The molecule has 1 fully saturated rings. The van der Waals surface area contributed by atoms with Gasteiger partial charge >= 0.3 is 0 Å². The topological polar surface area (TPSA) is 59.7 Å². The monoisotopic (exact) mass is 386 g/mol. The molecule has 0 atom stereocenters. The van der Waals surface area contributed by atoms with Gasteiger partial charge in [-0.3, -0.25) is 0 Å². The van der Waals surface area contributed by atoms with Gasteiger partial charge in [-0.15, -0.1) is 4.91 Å². The zero-order chi connectivity index (χ0) is 19.8. The van der Waals surface area contributed by atoms with Gasteiger partial charge in [-0.05, 0) is 40.6 Å². The minimum absolute atomic E-state index is 0.392. The van der Waals surface area contributed by atoms with Gasteiger partial charge in [-0.25, -0.2) is 4.98 Å². The van der Waals surface area contributed by atoms with Crippen LogP contribution in [-0.2, 0) is 11.3 Å². The second kappa shape index (κ2) is 7.29. The zero-order valence-electron chi connectivity index (χ0n) is 16.3. The van der Waals surface area contributed by atoms with E-state index < -0.39 is 0 Å². The lowest BCUT2D eigenvalue weighted by Crippen LogP contribution is -2.36. The summed E-state index contributed by atoms with van der Waals surface area (Å²) in [6.45, 7) is 5.66. The third-order valence-corrected chi connectivity index (χ3v) is 5.69. The number of hydrogen-bond acceptors (Lipinski definition) is 5. The standard InChI is InChI=1S/C23H22N4O2/c1-16-24-23-21(25-28)13-19(26-9-11-29-12-10-26)14-22(23)27(16)15-18-7-4-6-17-5-2-3-8-20(17)18/h2-8,13-14H,9-12,15H2,1H3. The number of rotatable bonds is 4. The Balaban J connectivity index is 1.65. The third kappa shape index (κ3) is 3.15. The largest absolute Gasteiger partial charge is 0.378 e. The number of fused-ring (bicyclic) bond motifs is 2. The van der Waals surface area contributed by atoms with E-state index in [2.05, 4.69) is 68.2 Å². The van der Waals surface area contributed by atoms with Gasteiger partial charge < -0.3 is 14.2 Å². The summed E-state index contributed by atoms with van der Waals surface area (Å²) < 4.78 is 7.64. The van der Waals surface area contributed by atoms with E-state index in [1.807, 2.05) is 13.0 Å². The van der Waals surface area contributed by atoms with E-state index >= 15 is 0 Å². The number of aromatic nitrogens is 2. The van der Waals surface area contributed by atoms with Crippen LogP contribution in [-0.4, -0.2) is 35.9 Å². The van der Waals surface area contributed by atoms with Crippen molar-refractivity contribution in [3.8, 4) is 0 Å². The number of imidazole rings is 1. The van der Waals surface area contributed by atoms with E-state index in [0.29, 0.717) is 31.0 Å². The van der Waals surface area contributed by atoms with Crippen molar-refractivity contribution in [1.29, 1.82) is 0 Å². The Hall–Kier alpha value is -3.25. The molecule has 0 radical (unpaired) electrons.